The van der Waals surface area contributed by atoms with Crippen molar-refractivity contribution < 1.29 is 48.9 Å². The molecule has 0 saturated carbocycles. The van der Waals surface area contributed by atoms with Crippen molar-refractivity contribution in [2.45, 2.75) is 43.4 Å². The summed E-state index contributed by atoms with van der Waals surface area (Å²) >= 11 is 0. The van der Waals surface area contributed by atoms with Crippen molar-refractivity contribution in [3.63, 3.8) is 0 Å². The van der Waals surface area contributed by atoms with Gasteiger partial charge in [0, 0.05) is 0 Å². The van der Waals surface area contributed by atoms with Gasteiger partial charge in [-0.05, 0) is 0 Å². The second-order valence-electron chi connectivity index (χ2n) is 6.25. The number of rotatable bonds is 14. The third kappa shape index (κ3) is 10.5. The number of hydrogen-bond acceptors (Lipinski definition) is 9. The smallest absolute Gasteiger partial charge is 0.326 e. The minimum atomic E-state index is -1.77. The van der Waals surface area contributed by atoms with Crippen molar-refractivity contribution in [3.05, 3.63) is 0 Å². The molecule has 5 amide bonds. The molecular weight excluding hydrogens is 424 g/mol. The number of carboxylic acid groups (broad SMARTS) is 2. The predicted octanol–water partition coefficient (Wildman–Crippen LogP) is -5.93. The monoisotopic (exact) mass is 448 g/mol. The summed E-state index contributed by atoms with van der Waals surface area (Å²) in [7, 11) is 0. The Morgan fingerprint density at radius 2 is 1.13 bits per heavy atom. The predicted molar refractivity (Wildman–Crippen MR) is 98.4 cm³/mol. The number of nitrogens with two attached hydrogens (primary N) is 3. The van der Waals surface area contributed by atoms with Crippen LogP contribution in [-0.2, 0) is 33.6 Å². The van der Waals surface area contributed by atoms with Gasteiger partial charge >= 0.3 is 11.9 Å². The first kappa shape index (κ1) is 27.2. The Morgan fingerprint density at radius 1 is 0.677 bits per heavy atom. The van der Waals surface area contributed by atoms with Crippen LogP contribution in [0.1, 0.15) is 19.3 Å². The molecule has 16 nitrogen and oxygen atoms in total. The van der Waals surface area contributed by atoms with Crippen LogP contribution < -0.4 is 33.2 Å². The summed E-state index contributed by atoms with van der Waals surface area (Å²) in [5, 5.41) is 33.0. The first-order valence-corrected chi connectivity index (χ1v) is 8.57. The quantitative estimate of drug-likeness (QED) is 0.120. The molecule has 0 aromatic heterocycles. The molecule has 0 saturated heterocycles. The fraction of sp³-hybridized carbons (Fsp3) is 0.533. The van der Waals surface area contributed by atoms with Crippen LogP contribution in [0.2, 0.25) is 0 Å². The molecular formula is C15H24N6O10. The van der Waals surface area contributed by atoms with Crippen LogP contribution in [0.3, 0.4) is 0 Å². The Labute approximate surface area is 174 Å². The maximum Gasteiger partial charge on any atom is 0.326 e. The van der Waals surface area contributed by atoms with E-state index in [2.05, 4.69) is 0 Å². The third-order valence-corrected chi connectivity index (χ3v) is 3.61. The number of primary amides is 2. The van der Waals surface area contributed by atoms with Gasteiger partial charge in [-0.25, -0.2) is 4.79 Å². The van der Waals surface area contributed by atoms with Gasteiger partial charge in [0.25, 0.3) is 0 Å². The fourth-order valence-electron chi connectivity index (χ4n) is 2.11. The summed E-state index contributed by atoms with van der Waals surface area (Å²) in [6, 6.07) is -6.78. The van der Waals surface area contributed by atoms with E-state index >= 15 is 0 Å². The minimum absolute atomic E-state index is 0.592. The highest BCUT2D eigenvalue weighted by atomic mass is 16.4. The largest absolute Gasteiger partial charge is 0.481 e. The molecule has 0 aromatic rings. The van der Waals surface area contributed by atoms with Gasteiger partial charge in [-0.1, -0.05) is 0 Å². The molecule has 31 heavy (non-hydrogen) atoms. The average molecular weight is 448 g/mol. The van der Waals surface area contributed by atoms with E-state index in [-0.39, 0.29) is 0 Å². The van der Waals surface area contributed by atoms with E-state index in [4.69, 9.17) is 27.4 Å². The van der Waals surface area contributed by atoms with Gasteiger partial charge < -0.3 is 48.5 Å². The molecule has 0 radical (unpaired) electrons. The lowest BCUT2D eigenvalue weighted by molar-refractivity contribution is -0.144. The topological polar surface area (TPSA) is 294 Å². The second kappa shape index (κ2) is 12.7. The molecule has 0 aliphatic heterocycles. The second-order valence-corrected chi connectivity index (χ2v) is 6.25. The van der Waals surface area contributed by atoms with Crippen LogP contribution in [0.5, 0.6) is 0 Å². The van der Waals surface area contributed by atoms with Crippen molar-refractivity contribution in [2.75, 3.05) is 6.61 Å². The Bertz CT molecular complexity index is 742. The first-order valence-electron chi connectivity index (χ1n) is 8.57. The highest BCUT2D eigenvalue weighted by molar-refractivity contribution is 5.96. The number of carbonyl (C=O) groups is 7. The van der Waals surface area contributed by atoms with Gasteiger partial charge in [0.15, 0.2) is 0 Å². The van der Waals surface area contributed by atoms with Crippen molar-refractivity contribution in [1.82, 2.24) is 16.0 Å². The molecule has 12 N–H and O–H groups in total. The van der Waals surface area contributed by atoms with E-state index in [9.17, 15) is 38.7 Å². The molecule has 174 valence electrons. The van der Waals surface area contributed by atoms with Gasteiger partial charge in [-0.2, -0.15) is 0 Å². The number of aliphatic hydroxyl groups is 1. The Balaban J connectivity index is 5.29. The molecule has 0 aromatic carbocycles. The highest BCUT2D eigenvalue weighted by Gasteiger charge is 2.31. The molecule has 0 bridgehead atoms. The first-order chi connectivity index (χ1) is 14.3. The van der Waals surface area contributed by atoms with Crippen molar-refractivity contribution in [1.29, 1.82) is 0 Å². The summed E-state index contributed by atoms with van der Waals surface area (Å²) in [6.45, 7) is -1.05. The molecule has 0 aliphatic rings. The molecule has 0 heterocycles. The lowest BCUT2D eigenvalue weighted by Gasteiger charge is -2.23. The fourth-order valence-corrected chi connectivity index (χ4v) is 2.11. The molecule has 0 fully saturated rings. The Hall–Kier alpha value is -3.79. The van der Waals surface area contributed by atoms with Crippen LogP contribution in [0.15, 0.2) is 0 Å². The summed E-state index contributed by atoms with van der Waals surface area (Å²) < 4.78 is 0. The van der Waals surface area contributed by atoms with E-state index in [1.165, 1.54) is 0 Å². The van der Waals surface area contributed by atoms with Crippen molar-refractivity contribution in [3.8, 4) is 0 Å². The zero-order valence-electron chi connectivity index (χ0n) is 16.1. The summed E-state index contributed by atoms with van der Waals surface area (Å²) in [4.78, 5) is 80.1. The zero-order valence-corrected chi connectivity index (χ0v) is 16.1. The van der Waals surface area contributed by atoms with Crippen LogP contribution in [0, 0.1) is 0 Å². The van der Waals surface area contributed by atoms with E-state index < -0.39 is 91.5 Å². The normalized spacial score (nSPS) is 14.3. The Kier molecular flexibility index (Phi) is 11.2. The molecule has 0 rings (SSSR count). The number of aliphatic hydroxyl groups excluding tert-OH is 1. The zero-order chi connectivity index (χ0) is 24.3. The van der Waals surface area contributed by atoms with Gasteiger partial charge in [0.1, 0.15) is 18.1 Å². The van der Waals surface area contributed by atoms with Crippen molar-refractivity contribution >= 4 is 41.5 Å². The van der Waals surface area contributed by atoms with Crippen LogP contribution in [-0.4, -0.2) is 87.6 Å². The molecule has 0 aliphatic carbocycles. The van der Waals surface area contributed by atoms with Gasteiger partial charge in [0.2, 0.25) is 29.5 Å². The number of carboxylic acids is 2. The Morgan fingerprint density at radius 3 is 1.55 bits per heavy atom. The lowest BCUT2D eigenvalue weighted by atomic mass is 10.1. The van der Waals surface area contributed by atoms with Gasteiger partial charge in [-0.3, -0.25) is 28.8 Å². The number of amides is 5. The summed E-state index contributed by atoms with van der Waals surface area (Å²) in [5.74, 6) is -8.67. The SMILES string of the molecule is NC(=O)CC(N)C(=O)NC(CC(=O)O)C(=O)NC(CO)C(=O)NC(CC(N)=O)C(=O)O. The van der Waals surface area contributed by atoms with E-state index in [0.29, 0.717) is 0 Å². The van der Waals surface area contributed by atoms with Crippen molar-refractivity contribution in [2.24, 2.45) is 17.2 Å². The summed E-state index contributed by atoms with van der Waals surface area (Å²) in [5.41, 5.74) is 15.2. The maximum atomic E-state index is 12.3. The van der Waals surface area contributed by atoms with Crippen LogP contribution >= 0.6 is 0 Å². The van der Waals surface area contributed by atoms with Gasteiger partial charge in [0.05, 0.1) is 31.9 Å². The molecule has 16 heteroatoms. The van der Waals surface area contributed by atoms with Crippen LogP contribution in [0.25, 0.3) is 0 Å². The molecule has 0 spiro atoms. The van der Waals surface area contributed by atoms with E-state index in [1.54, 1.807) is 0 Å². The van der Waals surface area contributed by atoms with E-state index in [1.807, 2.05) is 16.0 Å². The number of hydrogen-bond donors (Lipinski definition) is 9. The van der Waals surface area contributed by atoms with E-state index in [0.717, 1.165) is 0 Å². The minimum Gasteiger partial charge on any atom is -0.481 e. The summed E-state index contributed by atoms with van der Waals surface area (Å²) in [6.07, 6.45) is -2.33. The van der Waals surface area contributed by atoms with Gasteiger partial charge in [-0.15, -0.1) is 0 Å². The third-order valence-electron chi connectivity index (χ3n) is 3.61. The average Bonchev–Trinajstić information content (AvgIpc) is 2.63. The molecule has 4 unspecified atom stereocenters. The standard InChI is InChI=1S/C15H24N6O10/c16-5(1-9(17)23)12(27)19-6(3-11(25)26)13(28)21-8(4-22)14(29)20-7(15(30)31)2-10(18)24/h5-8,22H,1-4,16H2,(H2,17,23)(H2,18,24)(H,19,27)(H,20,29)(H,21,28)(H,25,26)(H,30,31). The highest BCUT2D eigenvalue weighted by Crippen LogP contribution is 1.99. The van der Waals surface area contributed by atoms with Crippen LogP contribution in [0.4, 0.5) is 0 Å². The number of nitrogens with one attached hydrogen (secondary N) is 3. The number of aliphatic carboxylic acids is 2. The lowest BCUT2D eigenvalue weighted by Crippen LogP contribution is -2.58. The number of carbonyl (C=O) groups excluding carboxylic acids is 5. The maximum absolute atomic E-state index is 12.3. The molecule has 4 atom stereocenters.